The summed E-state index contributed by atoms with van der Waals surface area (Å²) >= 11 is 0. The van der Waals surface area contributed by atoms with Gasteiger partial charge in [0.15, 0.2) is 0 Å². The van der Waals surface area contributed by atoms with Crippen molar-refractivity contribution in [3.05, 3.63) is 52.7 Å². The summed E-state index contributed by atoms with van der Waals surface area (Å²) < 4.78 is 25.4. The van der Waals surface area contributed by atoms with E-state index in [1.54, 1.807) is 7.11 Å². The number of carbonyl (C=O) groups is 1. The zero-order valence-electron chi connectivity index (χ0n) is 17.5. The number of benzene rings is 2. The molecule has 1 amide bonds. The molecular weight excluding hydrogens is 400 g/mol. The molecule has 2 heterocycles. The Labute approximate surface area is 177 Å². The van der Waals surface area contributed by atoms with Crippen LogP contribution in [0.15, 0.2) is 30.5 Å². The molecule has 160 valence electrons. The summed E-state index contributed by atoms with van der Waals surface area (Å²) in [6.07, 6.45) is 3.37. The van der Waals surface area contributed by atoms with Gasteiger partial charge in [-0.15, -0.1) is 0 Å². The number of nitrogens with two attached hydrogens (primary N) is 1. The zero-order valence-corrected chi connectivity index (χ0v) is 18.3. The lowest BCUT2D eigenvalue weighted by atomic mass is 9.90. The maximum atomic E-state index is 12.2. The van der Waals surface area contributed by atoms with Crippen LogP contribution in [-0.2, 0) is 0 Å². The van der Waals surface area contributed by atoms with Crippen LogP contribution in [0, 0.1) is 13.8 Å². The van der Waals surface area contributed by atoms with Gasteiger partial charge in [0.2, 0.25) is 0 Å². The van der Waals surface area contributed by atoms with Gasteiger partial charge >= 0.3 is 0 Å². The van der Waals surface area contributed by atoms with Crippen molar-refractivity contribution in [2.45, 2.75) is 32.6 Å². The predicted molar refractivity (Wildman–Crippen MR) is 123 cm³/mol. The van der Waals surface area contributed by atoms with Crippen molar-refractivity contribution in [1.82, 2.24) is 4.98 Å². The lowest BCUT2D eigenvalue weighted by molar-refractivity contribution is 0.100. The maximum absolute atomic E-state index is 12.2. The quantitative estimate of drug-likeness (QED) is 0.459. The second-order valence-electron chi connectivity index (χ2n) is 8.18. The van der Waals surface area contributed by atoms with Crippen LogP contribution in [0.4, 0.5) is 0 Å². The van der Waals surface area contributed by atoms with Crippen LogP contribution in [0.2, 0.25) is 0 Å². The molecular formula is C23H28N2O4S. The second kappa shape index (κ2) is 7.65. The van der Waals surface area contributed by atoms with Crippen LogP contribution >= 0.6 is 10.6 Å². The van der Waals surface area contributed by atoms with E-state index in [0.717, 1.165) is 44.5 Å². The van der Waals surface area contributed by atoms with Crippen molar-refractivity contribution < 1.29 is 18.6 Å². The van der Waals surface area contributed by atoms with Crippen molar-refractivity contribution in [1.29, 1.82) is 0 Å². The van der Waals surface area contributed by atoms with E-state index in [4.69, 9.17) is 10.5 Å². The van der Waals surface area contributed by atoms with Crippen molar-refractivity contribution in [3.8, 4) is 16.9 Å². The highest BCUT2D eigenvalue weighted by Gasteiger charge is 2.27. The number of aryl methyl sites for hydroxylation is 2. The third-order valence-corrected chi connectivity index (χ3v) is 7.89. The maximum Gasteiger partial charge on any atom is 0.250 e. The first kappa shape index (κ1) is 20.8. The number of H-pyrrole nitrogens is 1. The van der Waals surface area contributed by atoms with Crippen molar-refractivity contribution in [2.24, 2.45) is 5.73 Å². The molecule has 5 N–H and O–H groups in total. The third-order valence-electron chi connectivity index (χ3n) is 6.11. The largest absolute Gasteiger partial charge is 0.496 e. The van der Waals surface area contributed by atoms with E-state index in [1.165, 1.54) is 0 Å². The van der Waals surface area contributed by atoms with Crippen LogP contribution in [0.1, 0.15) is 45.8 Å². The van der Waals surface area contributed by atoms with Gasteiger partial charge in [-0.1, -0.05) is 0 Å². The van der Waals surface area contributed by atoms with Gasteiger partial charge in [0, 0.05) is 23.1 Å². The molecule has 30 heavy (non-hydrogen) atoms. The number of hydrogen-bond donors (Lipinski definition) is 4. The molecule has 0 bridgehead atoms. The highest BCUT2D eigenvalue weighted by Crippen LogP contribution is 2.49. The van der Waals surface area contributed by atoms with Gasteiger partial charge in [0.05, 0.1) is 18.2 Å². The summed E-state index contributed by atoms with van der Waals surface area (Å²) in [6.45, 7) is 4.01. The topological polar surface area (TPSA) is 109 Å². The summed E-state index contributed by atoms with van der Waals surface area (Å²) in [7, 11) is -0.781. The number of aromatic nitrogens is 1. The summed E-state index contributed by atoms with van der Waals surface area (Å²) in [5.41, 5.74) is 12.0. The SMILES string of the molecule is COc1c(C)cc(-c2cc(C(N)=O)c3[nH]cc(C4CCS(O)(O)CC4)c3c2)cc1C. The Bertz CT molecular complexity index is 1100. The molecule has 1 fully saturated rings. The monoisotopic (exact) mass is 428 g/mol. The molecule has 0 atom stereocenters. The normalized spacial score (nSPS) is 17.8. The predicted octanol–water partition coefficient (Wildman–Crippen LogP) is 5.19. The number of amides is 1. The number of carbonyl (C=O) groups excluding carboxylic acids is 1. The molecule has 2 aromatic carbocycles. The number of aromatic amines is 1. The molecule has 0 aliphatic carbocycles. The minimum Gasteiger partial charge on any atom is -0.496 e. The summed E-state index contributed by atoms with van der Waals surface area (Å²) in [4.78, 5) is 15.5. The Hall–Kier alpha value is -2.48. The third kappa shape index (κ3) is 3.69. The molecule has 1 aromatic heterocycles. The van der Waals surface area contributed by atoms with Gasteiger partial charge in [-0.05, 0) is 84.7 Å². The van der Waals surface area contributed by atoms with Gasteiger partial charge in [-0.2, -0.15) is 10.6 Å². The van der Waals surface area contributed by atoms with Crippen molar-refractivity contribution in [2.75, 3.05) is 18.6 Å². The van der Waals surface area contributed by atoms with Gasteiger partial charge in [0.1, 0.15) is 5.75 Å². The Morgan fingerprint density at radius 1 is 1.10 bits per heavy atom. The molecule has 1 aliphatic heterocycles. The van der Waals surface area contributed by atoms with E-state index >= 15 is 0 Å². The first-order valence-corrected chi connectivity index (χ1v) is 11.9. The van der Waals surface area contributed by atoms with Crippen LogP contribution in [0.3, 0.4) is 0 Å². The molecule has 3 aromatic rings. The lowest BCUT2D eigenvalue weighted by Crippen LogP contribution is -2.19. The highest BCUT2D eigenvalue weighted by atomic mass is 32.3. The first-order chi connectivity index (χ1) is 14.2. The van der Waals surface area contributed by atoms with Gasteiger partial charge in [-0.25, -0.2) is 0 Å². The fourth-order valence-electron chi connectivity index (χ4n) is 4.61. The fraction of sp³-hybridized carbons (Fsp3) is 0.348. The highest BCUT2D eigenvalue weighted by molar-refractivity contribution is 8.24. The number of hydrogen-bond acceptors (Lipinski definition) is 4. The molecule has 0 radical (unpaired) electrons. The number of fused-ring (bicyclic) bond motifs is 1. The number of primary amides is 1. The molecule has 4 rings (SSSR count). The summed E-state index contributed by atoms with van der Waals surface area (Å²) in [6, 6.07) is 8.05. The van der Waals surface area contributed by atoms with E-state index < -0.39 is 16.5 Å². The van der Waals surface area contributed by atoms with Crippen LogP contribution < -0.4 is 10.5 Å². The minimum absolute atomic E-state index is 0.217. The molecule has 0 spiro atoms. The fourth-order valence-corrected chi connectivity index (χ4v) is 6.14. The van der Waals surface area contributed by atoms with Crippen LogP contribution in [0.5, 0.6) is 5.75 Å². The second-order valence-corrected chi connectivity index (χ2v) is 10.6. The lowest BCUT2D eigenvalue weighted by Gasteiger charge is -2.39. The van der Waals surface area contributed by atoms with Crippen molar-refractivity contribution in [3.63, 3.8) is 0 Å². The average Bonchev–Trinajstić information content (AvgIpc) is 3.10. The standard InChI is InChI=1S/C23H28N2O4S/c1-13-8-16(9-14(2)22(13)29-3)17-10-18-20(15-4-6-30(27,28)7-5-15)12-25-21(18)19(11-17)23(24)26/h8-12,15,25,27-28H,4-7H2,1-3H3,(H2,24,26). The molecule has 1 saturated heterocycles. The molecule has 6 nitrogen and oxygen atoms in total. The molecule has 1 aliphatic rings. The Morgan fingerprint density at radius 3 is 2.27 bits per heavy atom. The smallest absolute Gasteiger partial charge is 0.250 e. The summed E-state index contributed by atoms with van der Waals surface area (Å²) in [5.74, 6) is 1.44. The van der Waals surface area contributed by atoms with E-state index in [2.05, 4.69) is 23.2 Å². The Kier molecular flexibility index (Phi) is 5.30. The van der Waals surface area contributed by atoms with Gasteiger partial charge in [0.25, 0.3) is 5.91 Å². The van der Waals surface area contributed by atoms with E-state index in [0.29, 0.717) is 29.9 Å². The van der Waals surface area contributed by atoms with E-state index in [-0.39, 0.29) is 5.92 Å². The Morgan fingerprint density at radius 2 is 1.70 bits per heavy atom. The summed E-state index contributed by atoms with van der Waals surface area (Å²) in [5, 5.41) is 0.968. The van der Waals surface area contributed by atoms with Gasteiger partial charge in [-0.3, -0.25) is 13.9 Å². The Balaban J connectivity index is 1.85. The van der Waals surface area contributed by atoms with Crippen LogP contribution in [-0.4, -0.2) is 38.6 Å². The van der Waals surface area contributed by atoms with Crippen LogP contribution in [0.25, 0.3) is 22.0 Å². The van der Waals surface area contributed by atoms with Crippen molar-refractivity contribution >= 4 is 27.4 Å². The minimum atomic E-state index is -2.45. The number of methoxy groups -OCH3 is 1. The number of rotatable bonds is 4. The number of nitrogens with one attached hydrogen (secondary N) is 1. The first-order valence-electron chi connectivity index (χ1n) is 10.0. The van der Waals surface area contributed by atoms with E-state index in [9.17, 15) is 13.9 Å². The van der Waals surface area contributed by atoms with E-state index in [1.807, 2.05) is 26.1 Å². The molecule has 0 unspecified atom stereocenters. The molecule has 7 heteroatoms. The number of ether oxygens (including phenoxy) is 1. The average molecular weight is 429 g/mol. The van der Waals surface area contributed by atoms with Gasteiger partial charge < -0.3 is 15.5 Å². The zero-order chi connectivity index (χ0) is 21.6. The molecule has 0 saturated carbocycles.